The van der Waals surface area contributed by atoms with E-state index in [-0.39, 0.29) is 6.42 Å². The summed E-state index contributed by atoms with van der Waals surface area (Å²) in [6.45, 7) is 2.86. The molecule has 22 heavy (non-hydrogen) atoms. The number of carbonyl (C=O) groups is 1. The van der Waals surface area contributed by atoms with Crippen LogP contribution in [0.5, 0.6) is 0 Å². The molecule has 0 saturated heterocycles. The third-order valence-corrected chi connectivity index (χ3v) is 2.87. The topological polar surface area (TPSA) is 49.4 Å². The Morgan fingerprint density at radius 3 is 1.86 bits per heavy atom. The zero-order valence-electron chi connectivity index (χ0n) is 11.7. The van der Waals surface area contributed by atoms with E-state index in [2.05, 4.69) is 11.3 Å². The van der Waals surface area contributed by atoms with Gasteiger partial charge in [-0.15, -0.1) is 6.58 Å². The summed E-state index contributed by atoms with van der Waals surface area (Å²) >= 11 is 0. The van der Waals surface area contributed by atoms with E-state index in [0.717, 1.165) is 19.3 Å². The van der Waals surface area contributed by atoms with Crippen LogP contribution in [0.25, 0.3) is 0 Å². The number of esters is 1. The van der Waals surface area contributed by atoms with Gasteiger partial charge in [0, 0.05) is 0 Å². The summed E-state index contributed by atoms with van der Waals surface area (Å²) in [7, 11) is 0. The van der Waals surface area contributed by atoms with Crippen molar-refractivity contribution in [2.24, 2.45) is 0 Å². The van der Waals surface area contributed by atoms with Crippen molar-refractivity contribution < 1.29 is 41.0 Å². The maximum absolute atomic E-state index is 12.3. The quantitative estimate of drug-likeness (QED) is 0.281. The second kappa shape index (κ2) is 8.40. The van der Waals surface area contributed by atoms with E-state index in [1.54, 1.807) is 6.08 Å². The standard InChI is InChI=1S/C13H17F6O3/c1-2-3-4-5-6-7-8-9-22-10(20)11(21,12(14,15)16)13(17,18)19/h2H,1,3-9H2/q-1. The average Bonchev–Trinajstić information content (AvgIpc) is 2.37. The Labute approximate surface area is 123 Å². The molecule has 0 fully saturated rings. The normalized spacial score (nSPS) is 13.0. The maximum atomic E-state index is 12.3. The molecule has 0 spiro atoms. The molecular formula is C13H17F6O3-. The number of halogens is 6. The van der Waals surface area contributed by atoms with Gasteiger partial charge in [0.05, 0.1) is 6.61 Å². The SMILES string of the molecule is C=CCCCCCCCOC(=O)C([O-])(C(F)(F)F)C(F)(F)F. The van der Waals surface area contributed by atoms with Crippen LogP contribution in [0.3, 0.4) is 0 Å². The summed E-state index contributed by atoms with van der Waals surface area (Å²) in [4.78, 5) is 10.9. The number of ether oxygens (including phenoxy) is 1. The molecule has 0 aliphatic carbocycles. The van der Waals surface area contributed by atoms with Crippen molar-refractivity contribution >= 4 is 5.97 Å². The fraction of sp³-hybridized carbons (Fsp3) is 0.769. The molecule has 0 radical (unpaired) electrons. The number of alkyl halides is 6. The molecule has 0 N–H and O–H groups in total. The maximum Gasteiger partial charge on any atom is 0.399 e. The molecule has 0 atom stereocenters. The van der Waals surface area contributed by atoms with Gasteiger partial charge in [0.25, 0.3) is 0 Å². The van der Waals surface area contributed by atoms with Crippen molar-refractivity contribution in [2.75, 3.05) is 6.61 Å². The molecule has 130 valence electrons. The highest BCUT2D eigenvalue weighted by Crippen LogP contribution is 2.41. The molecule has 0 aromatic carbocycles. The first-order chi connectivity index (χ1) is 9.98. The van der Waals surface area contributed by atoms with Gasteiger partial charge >= 0.3 is 18.3 Å². The van der Waals surface area contributed by atoms with E-state index in [1.165, 1.54) is 0 Å². The number of rotatable bonds is 9. The van der Waals surface area contributed by atoms with Crippen LogP contribution in [0.15, 0.2) is 12.7 Å². The zero-order chi connectivity index (χ0) is 17.4. The Hall–Kier alpha value is -1.25. The molecule has 0 saturated carbocycles. The van der Waals surface area contributed by atoms with E-state index >= 15 is 0 Å². The summed E-state index contributed by atoms with van der Waals surface area (Å²) in [5.41, 5.74) is -5.75. The minimum absolute atomic E-state index is 0.0889. The Bertz CT molecular complexity index is 348. The highest BCUT2D eigenvalue weighted by Gasteiger charge is 2.68. The van der Waals surface area contributed by atoms with Crippen molar-refractivity contribution in [3.63, 3.8) is 0 Å². The lowest BCUT2D eigenvalue weighted by Gasteiger charge is -2.40. The Morgan fingerprint density at radius 1 is 0.955 bits per heavy atom. The highest BCUT2D eigenvalue weighted by atomic mass is 19.4. The first-order valence-electron chi connectivity index (χ1n) is 6.60. The molecule has 3 nitrogen and oxygen atoms in total. The van der Waals surface area contributed by atoms with Gasteiger partial charge in [-0.05, 0) is 19.3 Å². The van der Waals surface area contributed by atoms with Crippen molar-refractivity contribution in [1.29, 1.82) is 0 Å². The van der Waals surface area contributed by atoms with Gasteiger partial charge in [0.2, 0.25) is 0 Å². The van der Waals surface area contributed by atoms with Crippen molar-refractivity contribution in [2.45, 2.75) is 56.5 Å². The molecule has 0 amide bonds. The monoisotopic (exact) mass is 335 g/mol. The number of unbranched alkanes of at least 4 members (excludes halogenated alkanes) is 5. The minimum Gasteiger partial charge on any atom is -0.828 e. The minimum atomic E-state index is -6.31. The lowest BCUT2D eigenvalue weighted by Crippen LogP contribution is -2.71. The fourth-order valence-corrected chi connectivity index (χ4v) is 1.58. The van der Waals surface area contributed by atoms with Crippen LogP contribution < -0.4 is 5.11 Å². The van der Waals surface area contributed by atoms with Gasteiger partial charge in [0.15, 0.2) is 5.60 Å². The second-order valence-electron chi connectivity index (χ2n) is 4.66. The van der Waals surface area contributed by atoms with Gasteiger partial charge in [-0.25, -0.2) is 0 Å². The molecule has 0 unspecified atom stereocenters. The van der Waals surface area contributed by atoms with Gasteiger partial charge in [-0.3, -0.25) is 4.79 Å². The van der Waals surface area contributed by atoms with Crippen LogP contribution in [0.4, 0.5) is 26.3 Å². The van der Waals surface area contributed by atoms with Crippen LogP contribution in [-0.4, -0.2) is 30.5 Å². The van der Waals surface area contributed by atoms with E-state index in [4.69, 9.17) is 0 Å². The molecule has 9 heteroatoms. The van der Waals surface area contributed by atoms with Crippen LogP contribution in [0, 0.1) is 0 Å². The highest BCUT2D eigenvalue weighted by molar-refractivity contribution is 5.81. The lowest BCUT2D eigenvalue weighted by atomic mass is 10.0. The Kier molecular flexibility index (Phi) is 7.92. The number of hydrogen-bond acceptors (Lipinski definition) is 3. The van der Waals surface area contributed by atoms with Crippen molar-refractivity contribution in [3.05, 3.63) is 12.7 Å². The number of allylic oxidation sites excluding steroid dienone is 1. The summed E-state index contributed by atoms with van der Waals surface area (Å²) in [6.07, 6.45) is -7.16. The molecule has 0 aliphatic rings. The third-order valence-electron chi connectivity index (χ3n) is 2.87. The first-order valence-corrected chi connectivity index (χ1v) is 6.60. The molecule has 0 aliphatic heterocycles. The fourth-order valence-electron chi connectivity index (χ4n) is 1.58. The number of carbonyl (C=O) groups excluding carboxylic acids is 1. The van der Waals surface area contributed by atoms with Crippen molar-refractivity contribution in [3.8, 4) is 0 Å². The van der Waals surface area contributed by atoms with Crippen LogP contribution >= 0.6 is 0 Å². The number of hydrogen-bond donors (Lipinski definition) is 0. The predicted molar refractivity (Wildman–Crippen MR) is 63.7 cm³/mol. The van der Waals surface area contributed by atoms with Gasteiger partial charge in [-0.2, -0.15) is 26.3 Å². The zero-order valence-corrected chi connectivity index (χ0v) is 11.7. The van der Waals surface area contributed by atoms with E-state index in [9.17, 15) is 36.2 Å². The van der Waals surface area contributed by atoms with E-state index < -0.39 is 30.5 Å². The van der Waals surface area contributed by atoms with Crippen molar-refractivity contribution in [1.82, 2.24) is 0 Å². The molecular weight excluding hydrogens is 318 g/mol. The summed E-state index contributed by atoms with van der Waals surface area (Å²) in [6, 6.07) is 0. The van der Waals surface area contributed by atoms with Gasteiger partial charge in [0.1, 0.15) is 0 Å². The average molecular weight is 335 g/mol. The molecule has 0 aromatic heterocycles. The molecule has 0 heterocycles. The molecule has 0 bridgehead atoms. The van der Waals surface area contributed by atoms with Crippen LogP contribution in [0.2, 0.25) is 0 Å². The summed E-state index contributed by atoms with van der Waals surface area (Å²) in [5.74, 6) is -2.86. The molecule has 0 rings (SSSR count). The van der Waals surface area contributed by atoms with Gasteiger partial charge < -0.3 is 9.84 Å². The summed E-state index contributed by atoms with van der Waals surface area (Å²) in [5, 5.41) is 10.9. The molecule has 0 aromatic rings. The Morgan fingerprint density at radius 2 is 1.41 bits per heavy atom. The second-order valence-corrected chi connectivity index (χ2v) is 4.66. The Balaban J connectivity index is 4.31. The van der Waals surface area contributed by atoms with Gasteiger partial charge in [-0.1, -0.05) is 25.3 Å². The first kappa shape index (κ1) is 20.8. The smallest absolute Gasteiger partial charge is 0.399 e. The third kappa shape index (κ3) is 5.51. The largest absolute Gasteiger partial charge is 0.828 e. The lowest BCUT2D eigenvalue weighted by molar-refractivity contribution is -0.574. The van der Waals surface area contributed by atoms with Crippen LogP contribution in [0.1, 0.15) is 38.5 Å². The predicted octanol–water partition coefficient (Wildman–Crippen LogP) is 3.28. The summed E-state index contributed by atoms with van der Waals surface area (Å²) < 4.78 is 77.4. The van der Waals surface area contributed by atoms with Crippen LogP contribution in [-0.2, 0) is 9.53 Å². The van der Waals surface area contributed by atoms with E-state index in [0.29, 0.717) is 12.8 Å². The van der Waals surface area contributed by atoms with E-state index in [1.807, 2.05) is 0 Å².